The van der Waals surface area contributed by atoms with Gasteiger partial charge in [-0.15, -0.1) is 11.3 Å². The van der Waals surface area contributed by atoms with Gasteiger partial charge in [-0.25, -0.2) is 8.42 Å². The smallest absolute Gasteiger partial charge is 0.237 e. The molecule has 162 valence electrons. The van der Waals surface area contributed by atoms with Gasteiger partial charge in [0.05, 0.1) is 24.2 Å². The Morgan fingerprint density at radius 2 is 1.97 bits per heavy atom. The van der Waals surface area contributed by atoms with Gasteiger partial charge in [0, 0.05) is 36.7 Å². The maximum Gasteiger partial charge on any atom is 0.237 e. The topological polar surface area (TPSA) is 66.9 Å². The number of hydrogen-bond donors (Lipinski definition) is 0. The third kappa shape index (κ3) is 5.60. The molecule has 1 aliphatic carbocycles. The average Bonchev–Trinajstić information content (AvgIpc) is 3.44. The summed E-state index contributed by atoms with van der Waals surface area (Å²) >= 11 is 1.71. The molecule has 29 heavy (non-hydrogen) atoms. The van der Waals surface area contributed by atoms with Crippen molar-refractivity contribution in [3.63, 3.8) is 0 Å². The van der Waals surface area contributed by atoms with E-state index in [1.54, 1.807) is 11.3 Å². The molecule has 4 rings (SSSR count). The monoisotopic (exact) mass is 440 g/mol. The molecule has 0 spiro atoms. The van der Waals surface area contributed by atoms with Crippen molar-refractivity contribution in [2.75, 3.05) is 31.2 Å². The van der Waals surface area contributed by atoms with Gasteiger partial charge in [-0.05, 0) is 43.6 Å². The van der Waals surface area contributed by atoms with Crippen molar-refractivity contribution < 1.29 is 17.9 Å². The van der Waals surface area contributed by atoms with Gasteiger partial charge >= 0.3 is 0 Å². The Kier molecular flexibility index (Phi) is 6.94. The Hall–Kier alpha value is -0.960. The van der Waals surface area contributed by atoms with E-state index in [4.69, 9.17) is 4.74 Å². The number of carbonyl (C=O) groups excluding carboxylic acids is 1. The van der Waals surface area contributed by atoms with Crippen LogP contribution in [0, 0.1) is 0 Å². The summed E-state index contributed by atoms with van der Waals surface area (Å²) in [6.45, 7) is 2.64. The summed E-state index contributed by atoms with van der Waals surface area (Å²) in [5.74, 6) is 0.433. The van der Waals surface area contributed by atoms with Gasteiger partial charge in [0.1, 0.15) is 0 Å². The largest absolute Gasteiger partial charge is 0.377 e. The summed E-state index contributed by atoms with van der Waals surface area (Å²) in [5.41, 5.74) is 0. The van der Waals surface area contributed by atoms with Crippen LogP contribution in [0.15, 0.2) is 17.5 Å². The van der Waals surface area contributed by atoms with E-state index in [-0.39, 0.29) is 35.6 Å². The normalized spacial score (nSPS) is 27.1. The van der Waals surface area contributed by atoms with Crippen molar-refractivity contribution in [1.82, 2.24) is 9.80 Å². The summed E-state index contributed by atoms with van der Waals surface area (Å²) in [6, 6.07) is 4.20. The molecule has 0 aromatic carbocycles. The van der Waals surface area contributed by atoms with Crippen LogP contribution in [0.3, 0.4) is 0 Å². The Morgan fingerprint density at radius 1 is 1.14 bits per heavy atom. The van der Waals surface area contributed by atoms with Crippen LogP contribution in [-0.4, -0.2) is 73.5 Å². The second kappa shape index (κ2) is 9.45. The molecule has 1 amide bonds. The quantitative estimate of drug-likeness (QED) is 0.622. The number of hydrogen-bond acceptors (Lipinski definition) is 6. The van der Waals surface area contributed by atoms with Crippen molar-refractivity contribution in [2.24, 2.45) is 0 Å². The molecule has 0 radical (unpaired) electrons. The zero-order chi connectivity index (χ0) is 20.3. The van der Waals surface area contributed by atoms with Crippen LogP contribution < -0.4 is 0 Å². The maximum atomic E-state index is 13.5. The number of carbonyl (C=O) groups is 1. The maximum absolute atomic E-state index is 13.5. The summed E-state index contributed by atoms with van der Waals surface area (Å²) in [7, 11) is -3.02. The third-order valence-corrected chi connectivity index (χ3v) is 9.02. The van der Waals surface area contributed by atoms with Gasteiger partial charge in [0.2, 0.25) is 5.91 Å². The number of ether oxygens (including phenoxy) is 1. The van der Waals surface area contributed by atoms with Crippen molar-refractivity contribution in [1.29, 1.82) is 0 Å². The van der Waals surface area contributed by atoms with Gasteiger partial charge in [-0.3, -0.25) is 9.69 Å². The fourth-order valence-corrected chi connectivity index (χ4v) is 7.50. The van der Waals surface area contributed by atoms with Crippen LogP contribution in [0.2, 0.25) is 0 Å². The first kappa shape index (κ1) is 21.3. The van der Waals surface area contributed by atoms with E-state index in [2.05, 4.69) is 16.3 Å². The minimum atomic E-state index is -3.02. The highest BCUT2D eigenvalue weighted by molar-refractivity contribution is 7.91. The van der Waals surface area contributed by atoms with E-state index in [0.29, 0.717) is 13.0 Å². The zero-order valence-electron chi connectivity index (χ0n) is 17.0. The first-order valence-corrected chi connectivity index (χ1v) is 13.6. The predicted octanol–water partition coefficient (Wildman–Crippen LogP) is 2.69. The highest BCUT2D eigenvalue weighted by Crippen LogP contribution is 2.29. The van der Waals surface area contributed by atoms with Crippen LogP contribution in [0.5, 0.6) is 0 Å². The van der Waals surface area contributed by atoms with Gasteiger partial charge in [0.25, 0.3) is 0 Å². The van der Waals surface area contributed by atoms with Crippen molar-refractivity contribution >= 4 is 27.1 Å². The standard InChI is InChI=1S/C21H32N2O4S2/c24-21(23(17-5-1-2-6-17)18-9-12-29(25,26)16-18)15-22(13-19-7-3-10-27-19)14-20-8-4-11-28-20/h4,8,11,17-19H,1-3,5-7,9-10,12-16H2. The van der Waals surface area contributed by atoms with E-state index < -0.39 is 9.84 Å². The summed E-state index contributed by atoms with van der Waals surface area (Å²) < 4.78 is 30.0. The van der Waals surface area contributed by atoms with Gasteiger partial charge in [-0.2, -0.15) is 0 Å². The molecule has 1 saturated carbocycles. The summed E-state index contributed by atoms with van der Waals surface area (Å²) in [4.78, 5) is 18.9. The molecule has 3 aliphatic rings. The number of sulfone groups is 1. The lowest BCUT2D eigenvalue weighted by Crippen LogP contribution is -2.51. The average molecular weight is 441 g/mol. The Bertz CT molecular complexity index is 769. The Morgan fingerprint density at radius 3 is 2.59 bits per heavy atom. The molecule has 0 N–H and O–H groups in total. The van der Waals surface area contributed by atoms with E-state index in [9.17, 15) is 13.2 Å². The van der Waals surface area contributed by atoms with Crippen molar-refractivity contribution in [2.45, 2.75) is 69.7 Å². The molecule has 3 heterocycles. The Labute approximate surface area is 178 Å². The predicted molar refractivity (Wildman–Crippen MR) is 115 cm³/mol. The van der Waals surface area contributed by atoms with E-state index in [1.165, 1.54) is 4.88 Å². The second-order valence-corrected chi connectivity index (χ2v) is 11.9. The summed E-state index contributed by atoms with van der Waals surface area (Å²) in [6.07, 6.45) is 7.15. The zero-order valence-corrected chi connectivity index (χ0v) is 18.6. The second-order valence-electron chi connectivity index (χ2n) is 8.68. The third-order valence-electron chi connectivity index (χ3n) is 6.41. The SMILES string of the molecule is O=C(CN(Cc1cccs1)CC1CCCO1)N(C1CCCC1)C1CCS(=O)(=O)C1. The number of amides is 1. The molecule has 0 bridgehead atoms. The molecular weight excluding hydrogens is 408 g/mol. The first-order chi connectivity index (χ1) is 14.0. The van der Waals surface area contributed by atoms with Gasteiger partial charge < -0.3 is 9.64 Å². The highest BCUT2D eigenvalue weighted by Gasteiger charge is 2.39. The molecular formula is C21H32N2O4S2. The minimum Gasteiger partial charge on any atom is -0.377 e. The van der Waals surface area contributed by atoms with Gasteiger partial charge in [0.15, 0.2) is 9.84 Å². The van der Waals surface area contributed by atoms with Crippen LogP contribution in [0.25, 0.3) is 0 Å². The van der Waals surface area contributed by atoms with Crippen LogP contribution in [0.4, 0.5) is 0 Å². The highest BCUT2D eigenvalue weighted by atomic mass is 32.2. The van der Waals surface area contributed by atoms with Crippen molar-refractivity contribution in [3.05, 3.63) is 22.4 Å². The molecule has 6 nitrogen and oxygen atoms in total. The van der Waals surface area contributed by atoms with E-state index in [1.807, 2.05) is 11.0 Å². The minimum absolute atomic E-state index is 0.0913. The van der Waals surface area contributed by atoms with E-state index in [0.717, 1.165) is 58.2 Å². The van der Waals surface area contributed by atoms with Crippen molar-refractivity contribution in [3.8, 4) is 0 Å². The van der Waals surface area contributed by atoms with Crippen LogP contribution >= 0.6 is 11.3 Å². The first-order valence-electron chi connectivity index (χ1n) is 10.9. The molecule has 2 atom stereocenters. The Balaban J connectivity index is 1.47. The lowest BCUT2D eigenvalue weighted by atomic mass is 10.1. The molecule has 1 aromatic rings. The molecule has 8 heteroatoms. The fourth-order valence-electron chi connectivity index (χ4n) is 5.04. The molecule has 3 fully saturated rings. The number of rotatable bonds is 8. The molecule has 2 unspecified atom stereocenters. The fraction of sp³-hybridized carbons (Fsp3) is 0.762. The lowest BCUT2D eigenvalue weighted by Gasteiger charge is -2.36. The number of nitrogens with zero attached hydrogens (tertiary/aromatic N) is 2. The molecule has 1 aromatic heterocycles. The van der Waals surface area contributed by atoms with Gasteiger partial charge in [-0.1, -0.05) is 18.9 Å². The number of thiophene rings is 1. The molecule has 2 saturated heterocycles. The lowest BCUT2D eigenvalue weighted by molar-refractivity contribution is -0.137. The van der Waals surface area contributed by atoms with Crippen LogP contribution in [0.1, 0.15) is 49.8 Å². The van der Waals surface area contributed by atoms with E-state index >= 15 is 0 Å². The molecule has 2 aliphatic heterocycles. The van der Waals surface area contributed by atoms with Crippen LogP contribution in [-0.2, 0) is 25.9 Å². The summed E-state index contributed by atoms with van der Waals surface area (Å²) in [5, 5.41) is 2.07.